The summed E-state index contributed by atoms with van der Waals surface area (Å²) in [6.07, 6.45) is 0. The van der Waals surface area contributed by atoms with Crippen LogP contribution in [0.4, 0.5) is 5.13 Å². The summed E-state index contributed by atoms with van der Waals surface area (Å²) in [4.78, 5) is 45.4. The first-order valence-corrected chi connectivity index (χ1v) is 12.2. The van der Waals surface area contributed by atoms with E-state index in [1.54, 1.807) is 0 Å². The molecule has 178 valence electrons. The summed E-state index contributed by atoms with van der Waals surface area (Å²) in [5, 5.41) is 19.4. The first-order chi connectivity index (χ1) is 15.6. The number of amides is 3. The molecular formula is C13H14ClN9O7S3. The van der Waals surface area contributed by atoms with Gasteiger partial charge in [0.25, 0.3) is 11.8 Å². The number of hydrogen-bond acceptors (Lipinski definition) is 13. The molecule has 1 fully saturated rings. The van der Waals surface area contributed by atoms with E-state index in [9.17, 15) is 27.4 Å². The van der Waals surface area contributed by atoms with Gasteiger partial charge in [-0.15, -0.1) is 28.0 Å². The minimum absolute atomic E-state index is 0.00401. The Hall–Kier alpha value is -2.87. The number of anilines is 1. The number of carbonyl (C=O) groups is 3. The van der Waals surface area contributed by atoms with E-state index in [-0.39, 0.29) is 31.9 Å². The summed E-state index contributed by atoms with van der Waals surface area (Å²) in [6, 6.07) is -1.39. The number of hydrogen-bond donors (Lipinski definition) is 3. The third kappa shape index (κ3) is 5.38. The standard InChI is InChI=1S/C13H14ClN9O7S3/c1-22-13(18-20-21-22)32-11-8(10(26)23(11)33(27,28)29)17-9(25)7(19-30-2)5-4-31-12(15-5)16-6(24)3-14/h4,8,11H,3H2,1-2H3,(H,17,25)(H,15,16,24)(H,27,28,29)/t8-,11+/m1/s1. The lowest BCUT2D eigenvalue weighted by Gasteiger charge is -2.42. The second-order valence-electron chi connectivity index (χ2n) is 6.00. The Labute approximate surface area is 198 Å². The molecule has 3 amide bonds. The molecule has 2 atom stereocenters. The van der Waals surface area contributed by atoms with Crippen molar-refractivity contribution in [2.24, 2.45) is 12.2 Å². The highest BCUT2D eigenvalue weighted by atomic mass is 35.5. The monoisotopic (exact) mass is 539 g/mol. The fraction of sp³-hybridized carbons (Fsp3) is 0.385. The number of rotatable bonds is 9. The summed E-state index contributed by atoms with van der Waals surface area (Å²) < 4.78 is 34.1. The molecule has 2 aromatic rings. The summed E-state index contributed by atoms with van der Waals surface area (Å²) in [5.74, 6) is -2.85. The number of alkyl halides is 1. The van der Waals surface area contributed by atoms with Crippen molar-refractivity contribution in [1.82, 2.24) is 34.8 Å². The fourth-order valence-corrected chi connectivity index (χ4v) is 5.43. The largest absolute Gasteiger partial charge is 0.398 e. The van der Waals surface area contributed by atoms with Crippen LogP contribution < -0.4 is 10.6 Å². The zero-order valence-corrected chi connectivity index (χ0v) is 19.8. The van der Waals surface area contributed by atoms with Crippen molar-refractivity contribution in [3.8, 4) is 0 Å². The van der Waals surface area contributed by atoms with E-state index in [0.717, 1.165) is 23.1 Å². The van der Waals surface area contributed by atoms with Crippen LogP contribution in [0.15, 0.2) is 15.7 Å². The third-order valence-corrected chi connectivity index (χ3v) is 7.17. The van der Waals surface area contributed by atoms with Crippen molar-refractivity contribution >= 4 is 73.6 Å². The van der Waals surface area contributed by atoms with Crippen LogP contribution in [0.25, 0.3) is 0 Å². The molecule has 0 aliphatic carbocycles. The molecule has 1 aliphatic heterocycles. The molecule has 33 heavy (non-hydrogen) atoms. The quantitative estimate of drug-likeness (QED) is 0.108. The summed E-state index contributed by atoms with van der Waals surface area (Å²) in [5.41, 5.74) is -0.355. The Balaban J connectivity index is 1.82. The molecule has 16 nitrogen and oxygen atoms in total. The number of carbonyl (C=O) groups excluding carboxylic acids is 3. The van der Waals surface area contributed by atoms with E-state index < -0.39 is 39.4 Å². The number of thiazole rings is 1. The molecule has 1 saturated heterocycles. The van der Waals surface area contributed by atoms with Crippen molar-refractivity contribution in [3.05, 3.63) is 11.1 Å². The molecular weight excluding hydrogens is 526 g/mol. The van der Waals surface area contributed by atoms with Crippen molar-refractivity contribution in [3.63, 3.8) is 0 Å². The van der Waals surface area contributed by atoms with Gasteiger partial charge in [0.15, 0.2) is 10.8 Å². The zero-order valence-electron chi connectivity index (χ0n) is 16.6. The van der Waals surface area contributed by atoms with Gasteiger partial charge in [-0.1, -0.05) is 16.9 Å². The van der Waals surface area contributed by atoms with Crippen LogP contribution in [0.2, 0.25) is 0 Å². The zero-order chi connectivity index (χ0) is 24.3. The summed E-state index contributed by atoms with van der Waals surface area (Å²) in [7, 11) is -2.28. The second kappa shape index (κ2) is 9.95. The number of aryl methyl sites for hydroxylation is 1. The normalized spacial score (nSPS) is 18.6. The third-order valence-electron chi connectivity index (χ3n) is 3.85. The Morgan fingerprint density at radius 1 is 1.45 bits per heavy atom. The van der Waals surface area contributed by atoms with Gasteiger partial charge in [0.2, 0.25) is 11.1 Å². The van der Waals surface area contributed by atoms with Gasteiger partial charge in [-0.05, 0) is 10.4 Å². The van der Waals surface area contributed by atoms with Crippen LogP contribution in [-0.4, -0.2) is 90.3 Å². The van der Waals surface area contributed by atoms with E-state index in [2.05, 4.69) is 41.1 Å². The van der Waals surface area contributed by atoms with Gasteiger partial charge < -0.3 is 15.5 Å². The summed E-state index contributed by atoms with van der Waals surface area (Å²) >= 11 is 7.13. The van der Waals surface area contributed by atoms with Crippen molar-refractivity contribution in [2.75, 3.05) is 18.3 Å². The van der Waals surface area contributed by atoms with E-state index in [0.29, 0.717) is 0 Å². The highest BCUT2D eigenvalue weighted by Gasteiger charge is 2.55. The number of β-lactam (4-membered cyclic amide) rings is 1. The first kappa shape index (κ1) is 24.8. The number of tetrazole rings is 1. The summed E-state index contributed by atoms with van der Waals surface area (Å²) in [6.45, 7) is 0. The lowest BCUT2D eigenvalue weighted by Crippen LogP contribution is -2.71. The van der Waals surface area contributed by atoms with E-state index in [1.165, 1.54) is 24.2 Å². The Kier molecular flexibility index (Phi) is 7.47. The molecule has 20 heteroatoms. The van der Waals surface area contributed by atoms with Crippen molar-refractivity contribution < 1.29 is 32.2 Å². The van der Waals surface area contributed by atoms with E-state index in [1.807, 2.05) is 0 Å². The number of oxime groups is 1. The van der Waals surface area contributed by atoms with Crippen LogP contribution in [0.1, 0.15) is 5.69 Å². The molecule has 0 bridgehead atoms. The highest BCUT2D eigenvalue weighted by Crippen LogP contribution is 2.35. The number of halogens is 1. The van der Waals surface area contributed by atoms with Crippen molar-refractivity contribution in [2.45, 2.75) is 16.6 Å². The predicted molar refractivity (Wildman–Crippen MR) is 114 cm³/mol. The van der Waals surface area contributed by atoms with Crippen LogP contribution in [-0.2, 0) is 36.6 Å². The average Bonchev–Trinajstić information content (AvgIpc) is 3.37. The van der Waals surface area contributed by atoms with Gasteiger partial charge >= 0.3 is 10.3 Å². The van der Waals surface area contributed by atoms with Gasteiger partial charge in [-0.2, -0.15) is 12.7 Å². The smallest absolute Gasteiger partial charge is 0.363 e. The van der Waals surface area contributed by atoms with Gasteiger partial charge in [0.1, 0.15) is 30.1 Å². The van der Waals surface area contributed by atoms with Crippen LogP contribution in [0.5, 0.6) is 0 Å². The maximum Gasteiger partial charge on any atom is 0.363 e. The van der Waals surface area contributed by atoms with Gasteiger partial charge in [-0.3, -0.25) is 18.9 Å². The SMILES string of the molecule is CON=C(C(=O)N[C@@H]1C(=O)N(S(=O)(=O)O)[C@H]1Sc1nnnn1C)c1csc(NC(=O)CCl)n1. The van der Waals surface area contributed by atoms with Gasteiger partial charge in [0, 0.05) is 12.4 Å². The lowest BCUT2D eigenvalue weighted by molar-refractivity contribution is -0.141. The molecule has 0 radical (unpaired) electrons. The number of nitrogens with zero attached hydrogens (tertiary/aromatic N) is 7. The number of aromatic nitrogens is 5. The Morgan fingerprint density at radius 3 is 2.76 bits per heavy atom. The minimum atomic E-state index is -4.93. The Morgan fingerprint density at radius 2 is 2.18 bits per heavy atom. The maximum absolute atomic E-state index is 12.8. The lowest BCUT2D eigenvalue weighted by atomic mass is 10.1. The van der Waals surface area contributed by atoms with Crippen LogP contribution in [0, 0.1) is 0 Å². The molecule has 2 aromatic heterocycles. The molecule has 1 aliphatic rings. The van der Waals surface area contributed by atoms with Crippen molar-refractivity contribution in [1.29, 1.82) is 0 Å². The second-order valence-corrected chi connectivity index (χ2v) is 9.50. The molecule has 0 aromatic carbocycles. The van der Waals surface area contributed by atoms with Gasteiger partial charge in [-0.25, -0.2) is 9.67 Å². The number of nitrogens with one attached hydrogen (secondary N) is 2. The number of thioether (sulfide) groups is 1. The molecule has 3 N–H and O–H groups in total. The molecule has 0 spiro atoms. The predicted octanol–water partition coefficient (Wildman–Crippen LogP) is -1.56. The topological polar surface area (TPSA) is 211 Å². The molecule has 3 rings (SSSR count). The molecule has 0 saturated carbocycles. The molecule has 0 unspecified atom stereocenters. The fourth-order valence-electron chi connectivity index (χ4n) is 2.46. The van der Waals surface area contributed by atoms with E-state index >= 15 is 0 Å². The van der Waals surface area contributed by atoms with Crippen LogP contribution in [0.3, 0.4) is 0 Å². The van der Waals surface area contributed by atoms with Gasteiger partial charge in [0.05, 0.1) is 0 Å². The Bertz CT molecular complexity index is 1210. The minimum Gasteiger partial charge on any atom is -0.398 e. The maximum atomic E-state index is 12.8. The molecule has 3 heterocycles. The van der Waals surface area contributed by atoms with Crippen LogP contribution >= 0.6 is 34.7 Å². The average molecular weight is 540 g/mol. The first-order valence-electron chi connectivity index (χ1n) is 8.50. The highest BCUT2D eigenvalue weighted by molar-refractivity contribution is 8.00. The van der Waals surface area contributed by atoms with E-state index in [4.69, 9.17) is 11.6 Å².